The van der Waals surface area contributed by atoms with Crippen LogP contribution in [-0.4, -0.2) is 83.6 Å². The van der Waals surface area contributed by atoms with Crippen molar-refractivity contribution in [2.75, 3.05) is 55.3 Å². The van der Waals surface area contributed by atoms with Crippen LogP contribution in [0, 0.1) is 0 Å². The number of pyridine rings is 1. The SMILES string of the molecule is CC(=O)c1cccc(NC(=O)N(CCCN2CCOCC2)Cc2ccc(C(=O)Nc3ccccc3NC(=O)OC(C)(C)C)nc2)c1. The third-order valence-electron chi connectivity index (χ3n) is 7.06. The maximum Gasteiger partial charge on any atom is 0.412 e. The average Bonchev–Trinajstić information content (AvgIpc) is 3.01. The number of carbonyl (C=O) groups is 4. The van der Waals surface area contributed by atoms with E-state index in [4.69, 9.17) is 9.47 Å². The molecule has 1 fully saturated rings. The monoisotopic (exact) mass is 630 g/mol. The number of anilines is 3. The molecule has 0 atom stereocenters. The Labute approximate surface area is 269 Å². The van der Waals surface area contributed by atoms with E-state index < -0.39 is 17.6 Å². The number of hydrogen-bond acceptors (Lipinski definition) is 8. The van der Waals surface area contributed by atoms with Gasteiger partial charge in [0.25, 0.3) is 5.91 Å². The van der Waals surface area contributed by atoms with E-state index in [0.717, 1.165) is 31.6 Å². The molecule has 3 N–H and O–H groups in total. The first-order valence-corrected chi connectivity index (χ1v) is 15.3. The molecule has 1 aliphatic heterocycles. The molecule has 1 saturated heterocycles. The number of carbonyl (C=O) groups excluding carboxylic acids is 4. The van der Waals surface area contributed by atoms with Crippen molar-refractivity contribution < 1.29 is 28.7 Å². The fourth-order valence-electron chi connectivity index (χ4n) is 4.75. The lowest BCUT2D eigenvalue weighted by atomic mass is 10.1. The van der Waals surface area contributed by atoms with Crippen LogP contribution in [-0.2, 0) is 16.0 Å². The topological polar surface area (TPSA) is 142 Å². The zero-order valence-corrected chi connectivity index (χ0v) is 26.8. The Balaban J connectivity index is 1.42. The normalized spacial score (nSPS) is 13.4. The molecule has 0 radical (unpaired) electrons. The average molecular weight is 631 g/mol. The van der Waals surface area contributed by atoms with Crippen LogP contribution in [0.1, 0.15) is 60.5 Å². The van der Waals surface area contributed by atoms with Gasteiger partial charge < -0.3 is 25.0 Å². The summed E-state index contributed by atoms with van der Waals surface area (Å²) in [5.41, 5.74) is 2.05. The molecular weight excluding hydrogens is 588 g/mol. The van der Waals surface area contributed by atoms with Crippen LogP contribution in [0.5, 0.6) is 0 Å². The van der Waals surface area contributed by atoms with Crippen molar-refractivity contribution in [1.82, 2.24) is 14.8 Å². The zero-order chi connectivity index (χ0) is 33.1. The van der Waals surface area contributed by atoms with Crippen molar-refractivity contribution in [3.63, 3.8) is 0 Å². The zero-order valence-electron chi connectivity index (χ0n) is 26.8. The number of aromatic nitrogens is 1. The lowest BCUT2D eigenvalue weighted by Crippen LogP contribution is -2.40. The highest BCUT2D eigenvalue weighted by Gasteiger charge is 2.20. The van der Waals surface area contributed by atoms with Crippen LogP contribution in [0.15, 0.2) is 66.9 Å². The van der Waals surface area contributed by atoms with E-state index in [-0.39, 0.29) is 24.1 Å². The summed E-state index contributed by atoms with van der Waals surface area (Å²) >= 11 is 0. The first-order valence-electron chi connectivity index (χ1n) is 15.3. The van der Waals surface area contributed by atoms with Gasteiger partial charge in [0.1, 0.15) is 11.3 Å². The first kappa shape index (κ1) is 34.1. The highest BCUT2D eigenvalue weighted by atomic mass is 16.6. The number of ether oxygens (including phenoxy) is 2. The Hall–Kier alpha value is -4.81. The van der Waals surface area contributed by atoms with Crippen LogP contribution < -0.4 is 16.0 Å². The number of nitrogens with zero attached hydrogens (tertiary/aromatic N) is 3. The second-order valence-electron chi connectivity index (χ2n) is 12.0. The van der Waals surface area contributed by atoms with Gasteiger partial charge in [-0.15, -0.1) is 0 Å². The van der Waals surface area contributed by atoms with E-state index in [1.54, 1.807) is 92.5 Å². The molecular formula is C34H42N6O6. The number of rotatable bonds is 11. The Kier molecular flexibility index (Phi) is 11.8. The van der Waals surface area contributed by atoms with Gasteiger partial charge in [0.15, 0.2) is 5.78 Å². The highest BCUT2D eigenvalue weighted by molar-refractivity contribution is 6.05. The van der Waals surface area contributed by atoms with E-state index in [1.165, 1.54) is 6.92 Å². The van der Waals surface area contributed by atoms with E-state index in [1.807, 2.05) is 0 Å². The Morgan fingerprint density at radius 1 is 0.935 bits per heavy atom. The molecule has 4 amide bonds. The molecule has 12 heteroatoms. The van der Waals surface area contributed by atoms with Gasteiger partial charge in [-0.3, -0.25) is 24.8 Å². The second kappa shape index (κ2) is 16.0. The molecule has 1 aliphatic rings. The van der Waals surface area contributed by atoms with Gasteiger partial charge in [-0.05, 0) is 70.0 Å². The molecule has 4 rings (SSSR count). The predicted molar refractivity (Wildman–Crippen MR) is 176 cm³/mol. The largest absolute Gasteiger partial charge is 0.444 e. The van der Waals surface area contributed by atoms with Crippen LogP contribution in [0.4, 0.5) is 26.7 Å². The Morgan fingerprint density at radius 2 is 1.65 bits per heavy atom. The lowest BCUT2D eigenvalue weighted by Gasteiger charge is -2.28. The minimum Gasteiger partial charge on any atom is -0.444 e. The molecule has 2 aromatic carbocycles. The Morgan fingerprint density at radius 3 is 2.30 bits per heavy atom. The summed E-state index contributed by atoms with van der Waals surface area (Å²) in [6.45, 7) is 11.5. The molecule has 0 spiro atoms. The third-order valence-corrected chi connectivity index (χ3v) is 7.06. The molecule has 3 aromatic rings. The number of hydrogen-bond donors (Lipinski definition) is 3. The summed E-state index contributed by atoms with van der Waals surface area (Å²) in [6, 6.07) is 16.7. The standard InChI is InChI=1S/C34H42N6O6/c1-24(41)26-9-7-10-27(21-26)36-32(43)40(16-8-15-39-17-19-45-20-18-39)23-25-13-14-30(35-22-25)31(42)37-28-11-5-6-12-29(28)38-33(44)46-34(2,3)4/h5-7,9-14,21-22H,8,15-20,23H2,1-4H3,(H,36,43)(H,37,42)(H,38,44). The predicted octanol–water partition coefficient (Wildman–Crippen LogP) is 5.64. The molecule has 2 heterocycles. The van der Waals surface area contributed by atoms with Gasteiger partial charge in [0, 0.05) is 50.2 Å². The fourth-order valence-corrected chi connectivity index (χ4v) is 4.75. The van der Waals surface area contributed by atoms with Gasteiger partial charge in [-0.2, -0.15) is 0 Å². The summed E-state index contributed by atoms with van der Waals surface area (Å²) in [5, 5.41) is 8.36. The van der Waals surface area contributed by atoms with Crippen molar-refractivity contribution in [3.05, 3.63) is 83.7 Å². The minimum absolute atomic E-state index is 0.0866. The van der Waals surface area contributed by atoms with Gasteiger partial charge in [0.05, 0.1) is 24.6 Å². The molecule has 46 heavy (non-hydrogen) atoms. The van der Waals surface area contributed by atoms with Crippen LogP contribution in [0.3, 0.4) is 0 Å². The number of ketones is 1. The minimum atomic E-state index is -0.673. The number of amides is 4. The number of Topliss-reactive ketones (excluding diaryl/α,β-unsaturated/α-hetero) is 1. The van der Waals surface area contributed by atoms with E-state index >= 15 is 0 Å². The van der Waals surface area contributed by atoms with Gasteiger partial charge in [-0.25, -0.2) is 9.59 Å². The lowest BCUT2D eigenvalue weighted by molar-refractivity contribution is 0.0365. The van der Waals surface area contributed by atoms with Gasteiger partial charge in [-0.1, -0.05) is 30.3 Å². The first-order chi connectivity index (χ1) is 22.0. The molecule has 0 unspecified atom stereocenters. The molecule has 244 valence electrons. The molecule has 0 bridgehead atoms. The van der Waals surface area contributed by atoms with Gasteiger partial charge in [0.2, 0.25) is 0 Å². The van der Waals surface area contributed by atoms with Gasteiger partial charge >= 0.3 is 12.1 Å². The summed E-state index contributed by atoms with van der Waals surface area (Å²) in [7, 11) is 0. The van der Waals surface area contributed by atoms with Crippen LogP contribution in [0.2, 0.25) is 0 Å². The fraction of sp³-hybridized carbons (Fsp3) is 0.382. The summed E-state index contributed by atoms with van der Waals surface area (Å²) in [4.78, 5) is 59.0. The quantitative estimate of drug-likeness (QED) is 0.231. The maximum absolute atomic E-state index is 13.4. The van der Waals surface area contributed by atoms with Crippen molar-refractivity contribution in [2.45, 2.75) is 46.3 Å². The smallest absolute Gasteiger partial charge is 0.412 e. The van der Waals surface area contributed by atoms with Crippen LogP contribution >= 0.6 is 0 Å². The highest BCUT2D eigenvalue weighted by Crippen LogP contribution is 2.23. The molecule has 0 aliphatic carbocycles. The number of benzene rings is 2. The molecule has 1 aromatic heterocycles. The number of para-hydroxylation sites is 2. The van der Waals surface area contributed by atoms with E-state index in [0.29, 0.717) is 42.4 Å². The second-order valence-corrected chi connectivity index (χ2v) is 12.0. The van der Waals surface area contributed by atoms with Crippen molar-refractivity contribution >= 4 is 40.9 Å². The maximum atomic E-state index is 13.4. The van der Waals surface area contributed by atoms with Crippen molar-refractivity contribution in [3.8, 4) is 0 Å². The Bertz CT molecular complexity index is 1520. The van der Waals surface area contributed by atoms with Crippen LogP contribution in [0.25, 0.3) is 0 Å². The number of nitrogens with one attached hydrogen (secondary N) is 3. The van der Waals surface area contributed by atoms with Crippen molar-refractivity contribution in [2.24, 2.45) is 0 Å². The van der Waals surface area contributed by atoms with E-state index in [9.17, 15) is 19.2 Å². The number of urea groups is 1. The molecule has 0 saturated carbocycles. The van der Waals surface area contributed by atoms with Crippen molar-refractivity contribution in [1.29, 1.82) is 0 Å². The third kappa shape index (κ3) is 10.7. The number of morpholine rings is 1. The summed E-state index contributed by atoms with van der Waals surface area (Å²) < 4.78 is 10.8. The summed E-state index contributed by atoms with van der Waals surface area (Å²) in [5.74, 6) is -0.549. The molecule has 12 nitrogen and oxygen atoms in total. The van der Waals surface area contributed by atoms with E-state index in [2.05, 4.69) is 25.8 Å². The summed E-state index contributed by atoms with van der Waals surface area (Å²) in [6.07, 6.45) is 1.69.